The fraction of sp³-hybridized carbons (Fsp3) is 0.231. The maximum absolute atomic E-state index is 11.8. The summed E-state index contributed by atoms with van der Waals surface area (Å²) in [6.07, 6.45) is 1.46. The molecular formula is C13H12BrClN2O2. The van der Waals surface area contributed by atoms with E-state index in [0.717, 1.165) is 10.0 Å². The number of rotatable bonds is 4. The summed E-state index contributed by atoms with van der Waals surface area (Å²) < 4.78 is 7.81. The second-order valence-electron chi connectivity index (χ2n) is 3.86. The Hall–Kier alpha value is -1.33. The van der Waals surface area contributed by atoms with E-state index in [-0.39, 0.29) is 10.6 Å². The van der Waals surface area contributed by atoms with Crippen molar-refractivity contribution in [1.82, 2.24) is 9.78 Å². The highest BCUT2D eigenvalue weighted by Gasteiger charge is 2.09. The third-order valence-electron chi connectivity index (χ3n) is 2.56. The zero-order valence-corrected chi connectivity index (χ0v) is 12.6. The van der Waals surface area contributed by atoms with Crippen molar-refractivity contribution in [3.05, 3.63) is 55.9 Å². The van der Waals surface area contributed by atoms with Crippen LogP contribution >= 0.6 is 27.5 Å². The first-order chi connectivity index (χ1) is 9.11. The van der Waals surface area contributed by atoms with Gasteiger partial charge in [-0.2, -0.15) is 5.10 Å². The summed E-state index contributed by atoms with van der Waals surface area (Å²) in [6.45, 7) is 2.64. The number of aromatic nitrogens is 2. The van der Waals surface area contributed by atoms with E-state index in [9.17, 15) is 4.79 Å². The molecule has 6 heteroatoms. The highest BCUT2D eigenvalue weighted by Crippen LogP contribution is 2.20. The second-order valence-corrected chi connectivity index (χ2v) is 5.15. The molecule has 0 aliphatic heterocycles. The van der Waals surface area contributed by atoms with E-state index in [2.05, 4.69) is 21.0 Å². The van der Waals surface area contributed by atoms with Crippen LogP contribution in [-0.2, 0) is 13.2 Å². The molecule has 0 saturated carbocycles. The van der Waals surface area contributed by atoms with E-state index < -0.39 is 0 Å². The van der Waals surface area contributed by atoms with Gasteiger partial charge in [-0.15, -0.1) is 0 Å². The van der Waals surface area contributed by atoms with Crippen LogP contribution in [0, 0.1) is 0 Å². The Bertz CT molecular complexity index is 626. The standard InChI is InChI=1S/C13H12BrClN2O2/c1-2-17-13(18)12(15)11(7-16-17)19-8-9-3-5-10(14)6-4-9/h3-7H,2,8H2,1H3. The molecule has 0 N–H and O–H groups in total. The Labute approximate surface area is 124 Å². The number of nitrogens with zero attached hydrogens (tertiary/aromatic N) is 2. The number of hydrogen-bond donors (Lipinski definition) is 0. The van der Waals surface area contributed by atoms with Gasteiger partial charge >= 0.3 is 0 Å². The molecule has 0 aliphatic rings. The summed E-state index contributed by atoms with van der Waals surface area (Å²) in [7, 11) is 0. The van der Waals surface area contributed by atoms with Crippen molar-refractivity contribution in [3.63, 3.8) is 0 Å². The summed E-state index contributed by atoms with van der Waals surface area (Å²) in [4.78, 5) is 11.8. The molecule has 0 bridgehead atoms. The van der Waals surface area contributed by atoms with E-state index in [1.54, 1.807) is 0 Å². The Morgan fingerprint density at radius 2 is 2.05 bits per heavy atom. The number of benzene rings is 1. The molecule has 4 nitrogen and oxygen atoms in total. The molecule has 0 fully saturated rings. The normalized spacial score (nSPS) is 10.5. The van der Waals surface area contributed by atoms with Gasteiger partial charge in [-0.3, -0.25) is 4.79 Å². The monoisotopic (exact) mass is 342 g/mol. The predicted molar refractivity (Wildman–Crippen MR) is 77.7 cm³/mol. The third kappa shape index (κ3) is 3.36. The number of hydrogen-bond acceptors (Lipinski definition) is 3. The lowest BCUT2D eigenvalue weighted by Gasteiger charge is -2.09. The lowest BCUT2D eigenvalue weighted by molar-refractivity contribution is 0.302. The Morgan fingerprint density at radius 1 is 1.37 bits per heavy atom. The molecule has 0 amide bonds. The van der Waals surface area contributed by atoms with Crippen molar-refractivity contribution in [3.8, 4) is 5.75 Å². The molecular weight excluding hydrogens is 332 g/mol. The van der Waals surface area contributed by atoms with Crippen molar-refractivity contribution in [2.75, 3.05) is 0 Å². The fourth-order valence-corrected chi connectivity index (χ4v) is 1.98. The minimum Gasteiger partial charge on any atom is -0.485 e. The number of aryl methyl sites for hydroxylation is 1. The minimum absolute atomic E-state index is 0.0639. The van der Waals surface area contributed by atoms with E-state index in [4.69, 9.17) is 16.3 Å². The van der Waals surface area contributed by atoms with Gasteiger partial charge in [0.1, 0.15) is 6.61 Å². The highest BCUT2D eigenvalue weighted by molar-refractivity contribution is 9.10. The van der Waals surface area contributed by atoms with Crippen LogP contribution in [0.4, 0.5) is 0 Å². The van der Waals surface area contributed by atoms with Crippen LogP contribution in [0.1, 0.15) is 12.5 Å². The van der Waals surface area contributed by atoms with Gasteiger partial charge in [-0.25, -0.2) is 4.68 Å². The molecule has 0 radical (unpaired) electrons. The smallest absolute Gasteiger partial charge is 0.289 e. The van der Waals surface area contributed by atoms with Crippen LogP contribution in [0.15, 0.2) is 39.7 Å². The quantitative estimate of drug-likeness (QED) is 0.856. The third-order valence-corrected chi connectivity index (χ3v) is 3.44. The first-order valence-corrected chi connectivity index (χ1v) is 6.91. The zero-order chi connectivity index (χ0) is 13.8. The van der Waals surface area contributed by atoms with E-state index in [0.29, 0.717) is 18.9 Å². The molecule has 0 saturated heterocycles. The Balaban J connectivity index is 2.14. The number of halogens is 2. The van der Waals surface area contributed by atoms with E-state index >= 15 is 0 Å². The van der Waals surface area contributed by atoms with Crippen LogP contribution < -0.4 is 10.3 Å². The van der Waals surface area contributed by atoms with E-state index in [1.807, 2.05) is 31.2 Å². The minimum atomic E-state index is -0.336. The zero-order valence-electron chi connectivity index (χ0n) is 10.3. The van der Waals surface area contributed by atoms with Crippen LogP contribution in [0.25, 0.3) is 0 Å². The summed E-state index contributed by atoms with van der Waals surface area (Å²) in [5.41, 5.74) is 0.649. The van der Waals surface area contributed by atoms with Crippen molar-refractivity contribution >= 4 is 27.5 Å². The van der Waals surface area contributed by atoms with Crippen LogP contribution in [0.5, 0.6) is 5.75 Å². The Morgan fingerprint density at radius 3 is 2.68 bits per heavy atom. The molecule has 1 aromatic heterocycles. The predicted octanol–water partition coefficient (Wildman–Crippen LogP) is 3.26. The highest BCUT2D eigenvalue weighted by atomic mass is 79.9. The van der Waals surface area contributed by atoms with Crippen molar-refractivity contribution in [1.29, 1.82) is 0 Å². The van der Waals surface area contributed by atoms with Gasteiger partial charge < -0.3 is 4.74 Å². The molecule has 0 atom stereocenters. The molecule has 100 valence electrons. The van der Waals surface area contributed by atoms with Gasteiger partial charge in [0.2, 0.25) is 0 Å². The van der Waals surface area contributed by atoms with Gasteiger partial charge in [-0.1, -0.05) is 39.7 Å². The average molecular weight is 344 g/mol. The molecule has 2 aromatic rings. The molecule has 19 heavy (non-hydrogen) atoms. The van der Waals surface area contributed by atoms with Crippen molar-refractivity contribution in [2.24, 2.45) is 0 Å². The molecule has 1 aromatic carbocycles. The molecule has 1 heterocycles. The van der Waals surface area contributed by atoms with Gasteiger partial charge in [0, 0.05) is 11.0 Å². The summed E-state index contributed by atoms with van der Waals surface area (Å²) >= 11 is 9.33. The average Bonchev–Trinajstić information content (AvgIpc) is 2.42. The summed E-state index contributed by atoms with van der Waals surface area (Å²) in [5.74, 6) is 0.305. The maximum Gasteiger partial charge on any atom is 0.289 e. The molecule has 0 spiro atoms. The van der Waals surface area contributed by atoms with E-state index in [1.165, 1.54) is 10.9 Å². The lowest BCUT2D eigenvalue weighted by atomic mass is 10.2. The molecule has 0 aliphatic carbocycles. The first-order valence-electron chi connectivity index (χ1n) is 5.74. The first kappa shape index (κ1) is 14.1. The van der Waals surface area contributed by atoms with Crippen molar-refractivity contribution < 1.29 is 4.74 Å². The van der Waals surface area contributed by atoms with Gasteiger partial charge in [-0.05, 0) is 24.6 Å². The number of ether oxygens (including phenoxy) is 1. The lowest BCUT2D eigenvalue weighted by Crippen LogP contribution is -2.22. The summed E-state index contributed by atoms with van der Waals surface area (Å²) in [5, 5.41) is 4.04. The van der Waals surface area contributed by atoms with Gasteiger partial charge in [0.15, 0.2) is 10.8 Å². The van der Waals surface area contributed by atoms with Crippen LogP contribution in [-0.4, -0.2) is 9.78 Å². The van der Waals surface area contributed by atoms with Gasteiger partial charge in [0.05, 0.1) is 6.20 Å². The topological polar surface area (TPSA) is 44.1 Å². The Kier molecular flexibility index (Phi) is 4.61. The maximum atomic E-state index is 11.8. The molecule has 2 rings (SSSR count). The van der Waals surface area contributed by atoms with Crippen molar-refractivity contribution in [2.45, 2.75) is 20.1 Å². The van der Waals surface area contributed by atoms with Gasteiger partial charge in [0.25, 0.3) is 5.56 Å². The van der Waals surface area contributed by atoms with Crippen LogP contribution in [0.2, 0.25) is 5.02 Å². The summed E-state index contributed by atoms with van der Waals surface area (Å²) in [6, 6.07) is 7.71. The fourth-order valence-electron chi connectivity index (χ4n) is 1.52. The molecule has 0 unspecified atom stereocenters. The SMILES string of the molecule is CCn1ncc(OCc2ccc(Br)cc2)c(Cl)c1=O. The second kappa shape index (κ2) is 6.21. The largest absolute Gasteiger partial charge is 0.485 e. The van der Waals surface area contributed by atoms with Crippen LogP contribution in [0.3, 0.4) is 0 Å².